The number of ether oxygens (including phenoxy) is 1. The number of nitrogens with zero attached hydrogens (tertiary/aromatic N) is 2. The molecule has 0 radical (unpaired) electrons. The zero-order chi connectivity index (χ0) is 15.1. The van der Waals surface area contributed by atoms with Crippen molar-refractivity contribution < 1.29 is 4.74 Å². The number of hydrogen-bond acceptors (Lipinski definition) is 6. The lowest BCUT2D eigenvalue weighted by Crippen LogP contribution is -2.18. The average Bonchev–Trinajstić information content (AvgIpc) is 2.93. The van der Waals surface area contributed by atoms with Gasteiger partial charge in [0.25, 0.3) is 0 Å². The standard InChI is InChI=1S/C15H26N4OS/c1-4-7-16-13-9-14(19-15(18-13)10-20-2)17-11-5-6-12(8-11)21-3/h9,11-12H,4-8,10H2,1-3H3,(H2,16,17,18,19). The van der Waals surface area contributed by atoms with E-state index in [2.05, 4.69) is 33.8 Å². The fraction of sp³-hybridized carbons (Fsp3) is 0.733. The van der Waals surface area contributed by atoms with Crippen molar-refractivity contribution in [2.75, 3.05) is 30.5 Å². The van der Waals surface area contributed by atoms with E-state index in [-0.39, 0.29) is 0 Å². The van der Waals surface area contributed by atoms with Crippen molar-refractivity contribution in [2.24, 2.45) is 0 Å². The van der Waals surface area contributed by atoms with Crippen molar-refractivity contribution in [3.63, 3.8) is 0 Å². The fourth-order valence-electron chi connectivity index (χ4n) is 2.60. The van der Waals surface area contributed by atoms with Gasteiger partial charge in [0.05, 0.1) is 0 Å². The number of nitrogens with one attached hydrogen (secondary N) is 2. The van der Waals surface area contributed by atoms with Crippen LogP contribution in [0.25, 0.3) is 0 Å². The molecule has 1 aromatic heterocycles. The Kier molecular flexibility index (Phi) is 6.57. The van der Waals surface area contributed by atoms with E-state index < -0.39 is 0 Å². The normalized spacial score (nSPS) is 21.5. The van der Waals surface area contributed by atoms with E-state index in [9.17, 15) is 0 Å². The maximum atomic E-state index is 5.16. The zero-order valence-electron chi connectivity index (χ0n) is 13.2. The molecule has 0 spiro atoms. The average molecular weight is 310 g/mol. The summed E-state index contributed by atoms with van der Waals surface area (Å²) >= 11 is 1.97. The fourth-order valence-corrected chi connectivity index (χ4v) is 3.40. The number of methoxy groups -OCH3 is 1. The van der Waals surface area contributed by atoms with Crippen LogP contribution in [0.2, 0.25) is 0 Å². The van der Waals surface area contributed by atoms with Gasteiger partial charge in [0.1, 0.15) is 18.2 Å². The van der Waals surface area contributed by atoms with E-state index in [0.717, 1.165) is 35.7 Å². The van der Waals surface area contributed by atoms with Gasteiger partial charge in [-0.2, -0.15) is 11.8 Å². The highest BCUT2D eigenvalue weighted by molar-refractivity contribution is 7.99. The van der Waals surface area contributed by atoms with Crippen molar-refractivity contribution in [3.8, 4) is 0 Å². The first-order valence-corrected chi connectivity index (χ1v) is 8.94. The third-order valence-electron chi connectivity index (χ3n) is 3.67. The van der Waals surface area contributed by atoms with Crippen molar-refractivity contribution in [2.45, 2.75) is 50.5 Å². The third-order valence-corrected chi connectivity index (χ3v) is 4.77. The Morgan fingerprint density at radius 3 is 2.81 bits per heavy atom. The van der Waals surface area contributed by atoms with E-state index in [1.165, 1.54) is 19.3 Å². The highest BCUT2D eigenvalue weighted by Crippen LogP contribution is 2.30. The topological polar surface area (TPSA) is 59.1 Å². The van der Waals surface area contributed by atoms with Crippen LogP contribution < -0.4 is 10.6 Å². The van der Waals surface area contributed by atoms with Gasteiger partial charge in [-0.25, -0.2) is 9.97 Å². The van der Waals surface area contributed by atoms with Gasteiger partial charge in [0.15, 0.2) is 5.82 Å². The molecular formula is C15H26N4OS. The molecule has 2 rings (SSSR count). The molecule has 1 fully saturated rings. The summed E-state index contributed by atoms with van der Waals surface area (Å²) in [4.78, 5) is 9.03. The molecule has 1 aromatic rings. The molecule has 118 valence electrons. The Balaban J connectivity index is 2.04. The highest BCUT2D eigenvalue weighted by atomic mass is 32.2. The Morgan fingerprint density at radius 2 is 2.14 bits per heavy atom. The van der Waals surface area contributed by atoms with Gasteiger partial charge in [0, 0.05) is 31.0 Å². The lowest BCUT2D eigenvalue weighted by Gasteiger charge is -2.15. The number of rotatable bonds is 8. The van der Waals surface area contributed by atoms with Crippen LogP contribution in [0, 0.1) is 0 Å². The summed E-state index contributed by atoms with van der Waals surface area (Å²) in [5, 5.41) is 7.67. The molecule has 0 aliphatic heterocycles. The summed E-state index contributed by atoms with van der Waals surface area (Å²) in [6.07, 6.45) is 6.98. The Hall–Kier alpha value is -1.01. The first-order valence-electron chi connectivity index (χ1n) is 7.65. The molecule has 2 N–H and O–H groups in total. The van der Waals surface area contributed by atoms with Crippen LogP contribution in [0.4, 0.5) is 11.6 Å². The van der Waals surface area contributed by atoms with Crippen LogP contribution in [-0.4, -0.2) is 41.2 Å². The van der Waals surface area contributed by atoms with Crippen molar-refractivity contribution >= 4 is 23.4 Å². The molecule has 5 nitrogen and oxygen atoms in total. The smallest absolute Gasteiger partial charge is 0.158 e. The lowest BCUT2D eigenvalue weighted by molar-refractivity contribution is 0.178. The minimum atomic E-state index is 0.439. The number of anilines is 2. The first kappa shape index (κ1) is 16.4. The molecule has 0 aromatic carbocycles. The van der Waals surface area contributed by atoms with E-state index in [0.29, 0.717) is 12.6 Å². The van der Waals surface area contributed by atoms with E-state index >= 15 is 0 Å². The van der Waals surface area contributed by atoms with Crippen molar-refractivity contribution in [3.05, 3.63) is 11.9 Å². The van der Waals surface area contributed by atoms with Gasteiger partial charge < -0.3 is 15.4 Å². The van der Waals surface area contributed by atoms with E-state index in [1.54, 1.807) is 7.11 Å². The summed E-state index contributed by atoms with van der Waals surface area (Å²) in [5.41, 5.74) is 0. The van der Waals surface area contributed by atoms with Gasteiger partial charge in [0.2, 0.25) is 0 Å². The quantitative estimate of drug-likeness (QED) is 0.769. The predicted octanol–water partition coefficient (Wildman–Crippen LogP) is 3.14. The predicted molar refractivity (Wildman–Crippen MR) is 90.1 cm³/mol. The lowest BCUT2D eigenvalue weighted by atomic mass is 10.2. The second kappa shape index (κ2) is 8.44. The summed E-state index contributed by atoms with van der Waals surface area (Å²) in [6, 6.07) is 2.52. The summed E-state index contributed by atoms with van der Waals surface area (Å²) in [7, 11) is 1.67. The summed E-state index contributed by atoms with van der Waals surface area (Å²) < 4.78 is 5.16. The maximum Gasteiger partial charge on any atom is 0.158 e. The highest BCUT2D eigenvalue weighted by Gasteiger charge is 2.24. The summed E-state index contributed by atoms with van der Waals surface area (Å²) in [5.74, 6) is 2.50. The monoisotopic (exact) mass is 310 g/mol. The third kappa shape index (κ3) is 5.04. The van der Waals surface area contributed by atoms with Crippen molar-refractivity contribution in [1.82, 2.24) is 9.97 Å². The molecule has 0 saturated heterocycles. The first-order chi connectivity index (χ1) is 10.2. The number of hydrogen-bond donors (Lipinski definition) is 2. The van der Waals surface area contributed by atoms with Crippen LogP contribution in [0.15, 0.2) is 6.07 Å². The van der Waals surface area contributed by atoms with Crippen LogP contribution in [0.5, 0.6) is 0 Å². The largest absolute Gasteiger partial charge is 0.377 e. The number of aromatic nitrogens is 2. The second-order valence-electron chi connectivity index (χ2n) is 5.43. The van der Waals surface area contributed by atoms with Crippen LogP contribution in [-0.2, 0) is 11.3 Å². The zero-order valence-corrected chi connectivity index (χ0v) is 14.0. The molecule has 1 saturated carbocycles. The van der Waals surface area contributed by atoms with Crippen LogP contribution in [0.3, 0.4) is 0 Å². The molecule has 1 aliphatic rings. The molecule has 1 heterocycles. The minimum absolute atomic E-state index is 0.439. The van der Waals surface area contributed by atoms with E-state index in [1.807, 2.05) is 17.8 Å². The van der Waals surface area contributed by atoms with Crippen molar-refractivity contribution in [1.29, 1.82) is 0 Å². The molecule has 2 atom stereocenters. The Labute approximate surface area is 131 Å². The van der Waals surface area contributed by atoms with E-state index in [4.69, 9.17) is 4.74 Å². The molecule has 0 bridgehead atoms. The second-order valence-corrected chi connectivity index (χ2v) is 6.56. The molecule has 0 amide bonds. The molecule has 1 aliphatic carbocycles. The molecule has 6 heteroatoms. The SMILES string of the molecule is CCCNc1cc(NC2CCC(SC)C2)nc(COC)n1. The Bertz CT molecular complexity index is 444. The summed E-state index contributed by atoms with van der Waals surface area (Å²) in [6.45, 7) is 3.50. The van der Waals surface area contributed by atoms with Gasteiger partial charge in [-0.05, 0) is 31.9 Å². The van der Waals surface area contributed by atoms with Gasteiger partial charge in [-0.1, -0.05) is 6.92 Å². The van der Waals surface area contributed by atoms with Gasteiger partial charge >= 0.3 is 0 Å². The Morgan fingerprint density at radius 1 is 1.33 bits per heavy atom. The minimum Gasteiger partial charge on any atom is -0.377 e. The van der Waals surface area contributed by atoms with Gasteiger partial charge in [-0.15, -0.1) is 0 Å². The molecule has 2 unspecified atom stereocenters. The van der Waals surface area contributed by atoms with Gasteiger partial charge in [-0.3, -0.25) is 0 Å². The van der Waals surface area contributed by atoms with Crippen LogP contribution >= 0.6 is 11.8 Å². The maximum absolute atomic E-state index is 5.16. The molecular weight excluding hydrogens is 284 g/mol. The number of thioether (sulfide) groups is 1. The van der Waals surface area contributed by atoms with Crippen LogP contribution in [0.1, 0.15) is 38.4 Å². The molecule has 21 heavy (non-hydrogen) atoms.